The molecule has 0 radical (unpaired) electrons. The highest BCUT2D eigenvalue weighted by molar-refractivity contribution is 7.16. The maximum atomic E-state index is 5.90. The van der Waals surface area contributed by atoms with Gasteiger partial charge in [-0.05, 0) is 37.9 Å². The number of hydrogen-bond acceptors (Lipinski definition) is 6. The van der Waals surface area contributed by atoms with E-state index in [1.165, 1.54) is 19.3 Å². The van der Waals surface area contributed by atoms with Gasteiger partial charge in [-0.2, -0.15) is 4.98 Å². The second-order valence-electron chi connectivity index (χ2n) is 4.97. The Morgan fingerprint density at radius 1 is 1.47 bits per heavy atom. The zero-order valence-electron chi connectivity index (χ0n) is 11.0. The molecule has 1 fully saturated rings. The fraction of sp³-hybridized carbons (Fsp3) is 0.538. The summed E-state index contributed by atoms with van der Waals surface area (Å²) in [5.74, 6) is 0.893. The number of likely N-dealkylation sites (N-methyl/N-ethyl adjacent to an activating group) is 1. The van der Waals surface area contributed by atoms with E-state index in [1.54, 1.807) is 11.3 Å². The van der Waals surface area contributed by atoms with Gasteiger partial charge in [0.05, 0.1) is 5.39 Å². The molecule has 1 unspecified atom stereocenters. The molecule has 19 heavy (non-hydrogen) atoms. The molecule has 2 N–H and O–H groups in total. The van der Waals surface area contributed by atoms with Gasteiger partial charge < -0.3 is 15.4 Å². The van der Waals surface area contributed by atoms with Gasteiger partial charge in [0.1, 0.15) is 11.4 Å². The Morgan fingerprint density at radius 2 is 2.37 bits per heavy atom. The maximum absolute atomic E-state index is 5.90. The lowest BCUT2D eigenvalue weighted by atomic mass is 10.0. The first-order valence-corrected chi connectivity index (χ1v) is 7.46. The molecule has 2 aromatic rings. The summed E-state index contributed by atoms with van der Waals surface area (Å²) in [5.41, 5.74) is 5.71. The molecule has 2 aromatic heterocycles. The predicted molar refractivity (Wildman–Crippen MR) is 77.6 cm³/mol. The molecule has 3 heterocycles. The molecule has 3 rings (SSSR count). The summed E-state index contributed by atoms with van der Waals surface area (Å²) in [7, 11) is 2.15. The number of rotatable bonds is 3. The van der Waals surface area contributed by atoms with Crippen molar-refractivity contribution in [3.8, 4) is 5.88 Å². The summed E-state index contributed by atoms with van der Waals surface area (Å²) in [5, 5.41) is 2.94. The van der Waals surface area contributed by atoms with E-state index in [0.29, 0.717) is 18.5 Å². The maximum Gasteiger partial charge on any atom is 0.227 e. The van der Waals surface area contributed by atoms with Crippen LogP contribution in [0.1, 0.15) is 19.3 Å². The van der Waals surface area contributed by atoms with Crippen molar-refractivity contribution in [3.63, 3.8) is 0 Å². The van der Waals surface area contributed by atoms with E-state index in [1.807, 2.05) is 11.4 Å². The number of thiophene rings is 1. The van der Waals surface area contributed by atoms with Crippen molar-refractivity contribution in [1.82, 2.24) is 14.9 Å². The minimum absolute atomic E-state index is 0.280. The van der Waals surface area contributed by atoms with Gasteiger partial charge in [-0.25, -0.2) is 4.98 Å². The summed E-state index contributed by atoms with van der Waals surface area (Å²) < 4.78 is 5.90. The van der Waals surface area contributed by atoms with E-state index in [0.717, 1.165) is 16.8 Å². The largest absolute Gasteiger partial charge is 0.475 e. The second kappa shape index (κ2) is 5.30. The van der Waals surface area contributed by atoms with Crippen LogP contribution in [0.3, 0.4) is 0 Å². The van der Waals surface area contributed by atoms with Crippen LogP contribution in [-0.4, -0.2) is 41.1 Å². The molecule has 1 aliphatic heterocycles. The molecule has 0 aliphatic carbocycles. The normalized spacial score (nSPS) is 20.8. The molecule has 1 saturated heterocycles. The van der Waals surface area contributed by atoms with Crippen LogP contribution in [0.25, 0.3) is 10.2 Å². The van der Waals surface area contributed by atoms with Gasteiger partial charge in [0.15, 0.2) is 0 Å². The molecule has 5 nitrogen and oxygen atoms in total. The smallest absolute Gasteiger partial charge is 0.227 e. The van der Waals surface area contributed by atoms with Crippen molar-refractivity contribution < 1.29 is 4.74 Å². The lowest BCUT2D eigenvalue weighted by Crippen LogP contribution is -2.40. The Balaban J connectivity index is 1.75. The lowest BCUT2D eigenvalue weighted by molar-refractivity contribution is 0.123. The third kappa shape index (κ3) is 2.64. The van der Waals surface area contributed by atoms with Crippen LogP contribution in [0.15, 0.2) is 11.4 Å². The quantitative estimate of drug-likeness (QED) is 0.932. The van der Waals surface area contributed by atoms with Gasteiger partial charge in [-0.15, -0.1) is 11.3 Å². The molecule has 102 valence electrons. The third-order valence-corrected chi connectivity index (χ3v) is 4.45. The first-order chi connectivity index (χ1) is 9.24. The van der Waals surface area contributed by atoms with Crippen molar-refractivity contribution in [1.29, 1.82) is 0 Å². The minimum atomic E-state index is 0.280. The number of nitrogen functional groups attached to an aromatic ring is 1. The van der Waals surface area contributed by atoms with Gasteiger partial charge in [-0.3, -0.25) is 0 Å². The number of ether oxygens (including phenoxy) is 1. The standard InChI is InChI=1S/C13H18N4OS/c1-17-6-3-2-4-9(17)8-18-11-10-5-7-19-12(10)16-13(14)15-11/h5,7,9H,2-4,6,8H2,1H3,(H2,14,15,16). The molecule has 1 atom stereocenters. The Labute approximate surface area is 116 Å². The van der Waals surface area contributed by atoms with Crippen molar-refractivity contribution in [2.75, 3.05) is 25.9 Å². The SMILES string of the molecule is CN1CCCCC1COc1nc(N)nc2sccc12. The van der Waals surface area contributed by atoms with Crippen molar-refractivity contribution in [2.24, 2.45) is 0 Å². The highest BCUT2D eigenvalue weighted by Gasteiger charge is 2.20. The van der Waals surface area contributed by atoms with Crippen LogP contribution < -0.4 is 10.5 Å². The van der Waals surface area contributed by atoms with E-state index in [4.69, 9.17) is 10.5 Å². The number of hydrogen-bond donors (Lipinski definition) is 1. The molecule has 6 heteroatoms. The van der Waals surface area contributed by atoms with Crippen LogP contribution >= 0.6 is 11.3 Å². The van der Waals surface area contributed by atoms with Crippen LogP contribution in [0.4, 0.5) is 5.95 Å². The van der Waals surface area contributed by atoms with Crippen LogP contribution in [0, 0.1) is 0 Å². The predicted octanol–water partition coefficient (Wildman–Crippen LogP) is 2.14. The van der Waals surface area contributed by atoms with Crippen molar-refractivity contribution >= 4 is 27.5 Å². The minimum Gasteiger partial charge on any atom is -0.475 e. The molecular formula is C13H18N4OS. The topological polar surface area (TPSA) is 64.3 Å². The summed E-state index contributed by atoms with van der Waals surface area (Å²) in [6.07, 6.45) is 3.74. The van der Waals surface area contributed by atoms with E-state index in [2.05, 4.69) is 21.9 Å². The first-order valence-electron chi connectivity index (χ1n) is 6.58. The number of fused-ring (bicyclic) bond motifs is 1. The number of nitrogens with two attached hydrogens (primary N) is 1. The zero-order chi connectivity index (χ0) is 13.2. The Morgan fingerprint density at radius 3 is 3.21 bits per heavy atom. The zero-order valence-corrected chi connectivity index (χ0v) is 11.8. The highest BCUT2D eigenvalue weighted by atomic mass is 32.1. The monoisotopic (exact) mass is 278 g/mol. The van der Waals surface area contributed by atoms with E-state index in [-0.39, 0.29) is 5.95 Å². The number of nitrogens with zero attached hydrogens (tertiary/aromatic N) is 3. The average molecular weight is 278 g/mol. The van der Waals surface area contributed by atoms with Gasteiger partial charge >= 0.3 is 0 Å². The molecule has 0 aromatic carbocycles. The molecule has 0 amide bonds. The molecule has 1 aliphatic rings. The third-order valence-electron chi connectivity index (χ3n) is 3.64. The van der Waals surface area contributed by atoms with Gasteiger partial charge in [-0.1, -0.05) is 6.42 Å². The number of likely N-dealkylation sites (tertiary alicyclic amines) is 1. The fourth-order valence-electron chi connectivity index (χ4n) is 2.48. The van der Waals surface area contributed by atoms with Crippen molar-refractivity contribution in [2.45, 2.75) is 25.3 Å². The summed E-state index contributed by atoms with van der Waals surface area (Å²) >= 11 is 1.56. The Hall–Kier alpha value is -1.40. The average Bonchev–Trinajstić information content (AvgIpc) is 2.85. The number of aromatic nitrogens is 2. The van der Waals surface area contributed by atoms with E-state index >= 15 is 0 Å². The summed E-state index contributed by atoms with van der Waals surface area (Å²) in [6, 6.07) is 2.46. The summed E-state index contributed by atoms with van der Waals surface area (Å²) in [6.45, 7) is 1.81. The van der Waals surface area contributed by atoms with Gasteiger partial charge in [0, 0.05) is 6.04 Å². The first kappa shape index (κ1) is 12.6. The van der Waals surface area contributed by atoms with E-state index < -0.39 is 0 Å². The van der Waals surface area contributed by atoms with Crippen LogP contribution in [-0.2, 0) is 0 Å². The number of piperidine rings is 1. The van der Waals surface area contributed by atoms with Crippen LogP contribution in [0.5, 0.6) is 5.88 Å². The van der Waals surface area contributed by atoms with Gasteiger partial charge in [0.2, 0.25) is 11.8 Å². The fourth-order valence-corrected chi connectivity index (χ4v) is 3.25. The molecule has 0 spiro atoms. The molecular weight excluding hydrogens is 260 g/mol. The van der Waals surface area contributed by atoms with E-state index in [9.17, 15) is 0 Å². The Bertz CT molecular complexity index is 571. The van der Waals surface area contributed by atoms with Crippen molar-refractivity contribution in [3.05, 3.63) is 11.4 Å². The van der Waals surface area contributed by atoms with Crippen LogP contribution in [0.2, 0.25) is 0 Å². The second-order valence-corrected chi connectivity index (χ2v) is 5.86. The lowest BCUT2D eigenvalue weighted by Gasteiger charge is -2.32. The van der Waals surface area contributed by atoms with Gasteiger partial charge in [0.25, 0.3) is 0 Å². The summed E-state index contributed by atoms with van der Waals surface area (Å²) in [4.78, 5) is 11.7. The Kier molecular flexibility index (Phi) is 3.52. The highest BCUT2D eigenvalue weighted by Crippen LogP contribution is 2.28. The number of anilines is 1. The molecule has 0 saturated carbocycles. The molecule has 0 bridgehead atoms.